The molecular formula is C93H84Cl4N20O16S3. The van der Waals surface area contributed by atoms with E-state index in [0.29, 0.717) is 63.7 Å². The lowest BCUT2D eigenvalue weighted by atomic mass is 9.98. The van der Waals surface area contributed by atoms with Gasteiger partial charge in [0, 0.05) is 149 Å². The van der Waals surface area contributed by atoms with Gasteiger partial charge in [0.25, 0.3) is 47.1 Å². The Morgan fingerprint density at radius 3 is 1.34 bits per heavy atom. The van der Waals surface area contributed by atoms with Crippen LogP contribution < -0.4 is 25.2 Å². The molecule has 0 radical (unpaired) electrons. The van der Waals surface area contributed by atoms with Gasteiger partial charge in [0.05, 0.1) is 53.4 Å². The molecule has 4 atom stereocenters. The highest BCUT2D eigenvalue weighted by Gasteiger charge is 2.37. The summed E-state index contributed by atoms with van der Waals surface area (Å²) in [6.07, 6.45) is 19.0. The molecule has 698 valence electrons. The first-order chi connectivity index (χ1) is 65.4. The number of nitrogens with one attached hydrogen (secondary N) is 4. The van der Waals surface area contributed by atoms with Gasteiger partial charge in [-0.3, -0.25) is 62.9 Å². The van der Waals surface area contributed by atoms with Crippen molar-refractivity contribution in [1.29, 1.82) is 0 Å². The average Bonchev–Trinajstić information content (AvgIpc) is 1.51. The normalized spacial score (nSPS) is 12.6. The second-order valence-corrected chi connectivity index (χ2v) is 35.8. The highest BCUT2D eigenvalue weighted by molar-refractivity contribution is 7.93. The zero-order valence-corrected chi connectivity index (χ0v) is 77.8. The first-order valence-electron chi connectivity index (χ1n) is 40.6. The van der Waals surface area contributed by atoms with Crippen molar-refractivity contribution in [3.8, 4) is 0 Å². The Bertz CT molecular complexity index is 6760. The fourth-order valence-electron chi connectivity index (χ4n) is 13.1. The minimum atomic E-state index is -3.94. The van der Waals surface area contributed by atoms with Crippen LogP contribution in [0, 0.1) is 0 Å². The number of azide groups is 2. The first-order valence-corrected chi connectivity index (χ1v) is 46.5. The molecule has 43 heteroatoms. The topological polar surface area (TPSA) is 518 Å². The lowest BCUT2D eigenvalue weighted by Crippen LogP contribution is -2.46. The van der Waals surface area contributed by atoms with E-state index in [1.54, 1.807) is 170 Å². The second-order valence-electron chi connectivity index (χ2n) is 29.1. The van der Waals surface area contributed by atoms with Crippen LogP contribution in [0.1, 0.15) is 75.6 Å². The van der Waals surface area contributed by atoms with Crippen molar-refractivity contribution in [3.05, 3.63) is 396 Å². The van der Waals surface area contributed by atoms with Crippen LogP contribution in [0.25, 0.3) is 20.9 Å². The van der Waals surface area contributed by atoms with Crippen molar-refractivity contribution in [1.82, 2.24) is 50.0 Å². The van der Waals surface area contributed by atoms with Crippen LogP contribution in [0.15, 0.2) is 324 Å². The number of Topliss-reactive ketones (excluding diaryl/α,β-unsaturated/α-hetero) is 1. The predicted octanol–water partition coefficient (Wildman–Crippen LogP) is 15.5. The summed E-state index contributed by atoms with van der Waals surface area (Å²) in [4.78, 5) is 125. The van der Waals surface area contributed by atoms with Gasteiger partial charge in [0.1, 0.15) is 35.6 Å². The number of anilines is 3. The number of ketones is 1. The largest absolute Gasteiger partial charge is 0.468 e. The summed E-state index contributed by atoms with van der Waals surface area (Å²) in [5.74, 6) is -1.88. The van der Waals surface area contributed by atoms with E-state index in [1.165, 1.54) is 136 Å². The summed E-state index contributed by atoms with van der Waals surface area (Å²) >= 11 is 23.1. The molecule has 14 rings (SSSR count). The monoisotopic (exact) mass is 1970 g/mol. The Morgan fingerprint density at radius 1 is 0.485 bits per heavy atom. The molecule has 0 fully saturated rings. The summed E-state index contributed by atoms with van der Waals surface area (Å²) in [7, 11) is -7.65. The van der Waals surface area contributed by atoms with Crippen LogP contribution in [0.4, 0.5) is 28.8 Å². The van der Waals surface area contributed by atoms with Gasteiger partial charge in [0.15, 0.2) is 5.78 Å². The van der Waals surface area contributed by atoms with E-state index in [-0.39, 0.29) is 103 Å². The molecule has 8 heterocycles. The van der Waals surface area contributed by atoms with Gasteiger partial charge < -0.3 is 35.1 Å². The summed E-state index contributed by atoms with van der Waals surface area (Å²) in [5, 5.41) is 10.4. The maximum absolute atomic E-state index is 14.0. The molecule has 2 amide bonds. The number of carbonyl (C=O) groups is 7. The number of hydrogen-bond acceptors (Lipinski definition) is 27. The molecule has 6 N–H and O–H groups in total. The maximum Gasteiger partial charge on any atom is 0.328 e. The summed E-state index contributed by atoms with van der Waals surface area (Å²) in [5.41, 5.74) is 29.4. The number of carbonyl (C=O) groups excluding carboxylic acids is 7. The van der Waals surface area contributed by atoms with Gasteiger partial charge in [-0.05, 0) is 232 Å². The van der Waals surface area contributed by atoms with E-state index in [1.807, 2.05) is 24.3 Å². The van der Waals surface area contributed by atoms with E-state index >= 15 is 0 Å². The lowest BCUT2D eigenvalue weighted by Gasteiger charge is -2.31. The zero-order chi connectivity index (χ0) is 97.7. The quantitative estimate of drug-likeness (QED) is 0.00653. The molecule has 13 aromatic rings. The number of nitrogens with zero attached hydrogens (tertiary/aromatic N) is 15. The fraction of sp³-hybridized carbons (Fsp3) is 0.161. The number of aromatic nitrogens is 7. The van der Waals surface area contributed by atoms with Crippen molar-refractivity contribution in [2.24, 2.45) is 16.0 Å². The number of rotatable bonds is 32. The molecule has 136 heavy (non-hydrogen) atoms. The highest BCUT2D eigenvalue weighted by Crippen LogP contribution is 2.32. The number of amides is 2. The number of pyridine rings is 7. The Labute approximate surface area is 801 Å². The Kier molecular flexibility index (Phi) is 38.5. The summed E-state index contributed by atoms with van der Waals surface area (Å²) < 4.78 is 98.0. The second kappa shape index (κ2) is 50.7. The molecule has 0 spiro atoms. The molecule has 1 aliphatic heterocycles. The third-order valence-corrected chi connectivity index (χ3v) is 24.8. The van der Waals surface area contributed by atoms with Crippen LogP contribution in [0.3, 0.4) is 0 Å². The molecule has 36 nitrogen and oxygen atoms in total. The first kappa shape index (κ1) is 103. The number of methoxy groups -OCH3 is 3. The minimum absolute atomic E-state index is 0.0102. The van der Waals surface area contributed by atoms with E-state index in [4.69, 9.17) is 72.7 Å². The Balaban J connectivity index is 0.000000187. The third-order valence-electron chi connectivity index (χ3n) is 19.8. The molecule has 7 aromatic heterocycles. The Hall–Kier alpha value is -15.0. The molecular weight excluding hydrogens is 1890 g/mol. The number of nitrogens with two attached hydrogens (primary N) is 1. The van der Waals surface area contributed by atoms with Crippen LogP contribution in [0.2, 0.25) is 15.1 Å². The van der Waals surface area contributed by atoms with Crippen LogP contribution >= 0.6 is 46.4 Å². The van der Waals surface area contributed by atoms with Gasteiger partial charge in [-0.25, -0.2) is 45.0 Å². The number of benzene rings is 6. The van der Waals surface area contributed by atoms with Crippen molar-refractivity contribution in [3.63, 3.8) is 0 Å². The summed E-state index contributed by atoms with van der Waals surface area (Å²) in [6, 6.07) is 58.1. The number of fused-ring (bicyclic) bond motifs is 1. The fourth-order valence-corrected chi connectivity index (χ4v) is 16.8. The number of esters is 3. The van der Waals surface area contributed by atoms with Gasteiger partial charge in [-0.1, -0.05) is 124 Å². The predicted molar refractivity (Wildman–Crippen MR) is 509 cm³/mol. The lowest BCUT2D eigenvalue weighted by molar-refractivity contribution is -0.146. The van der Waals surface area contributed by atoms with Crippen LogP contribution in [-0.2, 0) is 115 Å². The van der Waals surface area contributed by atoms with E-state index < -0.39 is 77.3 Å². The molecule has 1 aliphatic rings. The SMILES string of the molecule is COC(=O)[C@@H](Cc1cccnc1)N(Cc1ccc(S(=O)(=O)Nc2ccccn2)cc1)C(=O)c1ccc(Cl)cc1N=[N+]=[N-].COC(=O)[C@@H](Cc1cccnc1)NCc1ccc(S(=O)(=O)Nc2ccccn2)cc1.COC(=O)[C@H](N)Cc1cccnc1.O=C1Cc2cc(Cl)ccc2C(=O)N(Cc2ccc(S(=O)(=O)Nc3ccccn3)cc2)[C@@H]1Cc1cccnc1.[N-]=[N+]=Nc1cc(Cl)ccc1C(=O)Cl. The van der Waals surface area contributed by atoms with Crippen LogP contribution in [-0.4, -0.2) is 156 Å². The molecule has 0 saturated heterocycles. The maximum atomic E-state index is 14.0. The zero-order valence-electron chi connectivity index (χ0n) is 72.3. The van der Waals surface area contributed by atoms with Crippen LogP contribution in [0.5, 0.6) is 0 Å². The van der Waals surface area contributed by atoms with Gasteiger partial charge >= 0.3 is 17.9 Å². The summed E-state index contributed by atoms with van der Waals surface area (Å²) in [6.45, 7) is 0.366. The molecule has 0 unspecified atom stereocenters. The number of ether oxygens (including phenoxy) is 3. The standard InChI is InChI=1S/C28H24ClN7O5S.C28H23ClN4O4S.C21H22N4O4S.C9H12N2O2.C7H3Cl2N3O/c1-41-28(38)25(15-20-5-4-13-31-17-20)36(27(37)23-12-9-21(29)16-24(23)33-35-30)18-19-7-10-22(11-8-19)42(39,40)34-26-6-2-3-14-32-26;29-22-8-11-24-21(15-22)16-26(34)25(14-20-4-3-12-30-17-20)33(28(24)35)18-19-6-9-23(10-7-19)38(36,37)32-27-5-1-2-13-31-27;1-29-21(26)19(13-17-5-4-11-22-14-17)24-15-16-7-9-18(10-8-16)30(27,28)25-20-6-2-3-12-23-20;1-13-9(12)8(10)5-7-3-2-4-11-6-7;8-4-1-2-5(7(9)13)6(3-4)11-12-10/h2-14,16-17,25H,15,18H2,1H3,(H,32,34);1-13,15,17,25H,14,16,18H2,(H,31,32);2-12,14,19,24H,13,15H2,1H3,(H,23,25);2-4,6,8H,5,10H2,1H3;1-3H/t2*25-;19-;8-;/m1111./s1. The third kappa shape index (κ3) is 30.8. The minimum Gasteiger partial charge on any atom is -0.468 e. The molecule has 0 aliphatic carbocycles. The number of halogens is 4. The van der Waals surface area contributed by atoms with Crippen molar-refractivity contribution >= 4 is 146 Å². The molecule has 6 aromatic carbocycles. The van der Waals surface area contributed by atoms with Crippen molar-refractivity contribution in [2.45, 2.75) is 90.6 Å². The Morgan fingerprint density at radius 2 is 0.904 bits per heavy atom. The average molecular weight is 1980 g/mol. The number of hydrogen-bond donors (Lipinski definition) is 5. The smallest absolute Gasteiger partial charge is 0.328 e. The van der Waals surface area contributed by atoms with Gasteiger partial charge in [0.2, 0.25) is 0 Å². The molecule has 0 bridgehead atoms. The van der Waals surface area contributed by atoms with Gasteiger partial charge in [-0.2, -0.15) is 0 Å². The van der Waals surface area contributed by atoms with Crippen molar-refractivity contribution in [2.75, 3.05) is 35.5 Å². The van der Waals surface area contributed by atoms with Crippen molar-refractivity contribution < 1.29 is 73.0 Å². The van der Waals surface area contributed by atoms with E-state index in [2.05, 4.69) is 79.2 Å². The van der Waals surface area contributed by atoms with E-state index in [0.717, 1.165) is 22.3 Å². The van der Waals surface area contributed by atoms with E-state index in [9.17, 15) is 58.8 Å². The van der Waals surface area contributed by atoms with Gasteiger partial charge in [-0.15, -0.1) is 0 Å². The molecule has 0 saturated carbocycles. The number of sulfonamides is 3. The highest BCUT2D eigenvalue weighted by atomic mass is 35.5.